The Morgan fingerprint density at radius 2 is 1.75 bits per heavy atom. The van der Waals surface area contributed by atoms with Gasteiger partial charge in [-0.2, -0.15) is 0 Å². The highest BCUT2D eigenvalue weighted by atomic mass is 16.5. The summed E-state index contributed by atoms with van der Waals surface area (Å²) in [6.45, 7) is 5.18. The van der Waals surface area contributed by atoms with Crippen LogP contribution in [-0.2, 0) is 11.2 Å². The van der Waals surface area contributed by atoms with Crippen LogP contribution in [0.15, 0.2) is 42.0 Å². The lowest BCUT2D eigenvalue weighted by molar-refractivity contribution is -0.132. The predicted octanol–water partition coefficient (Wildman–Crippen LogP) is 4.08. The monoisotopic (exact) mass is 328 g/mol. The van der Waals surface area contributed by atoms with E-state index in [4.69, 9.17) is 9.84 Å². The van der Waals surface area contributed by atoms with Gasteiger partial charge in [0.25, 0.3) is 0 Å². The number of benzene rings is 2. The molecule has 0 heterocycles. The van der Waals surface area contributed by atoms with Gasteiger partial charge in [-0.25, -0.2) is 4.79 Å². The molecule has 0 amide bonds. The van der Waals surface area contributed by atoms with Gasteiger partial charge in [-0.3, -0.25) is 0 Å². The van der Waals surface area contributed by atoms with Crippen molar-refractivity contribution in [1.29, 1.82) is 0 Å². The quantitative estimate of drug-likeness (QED) is 0.720. The number of carboxylic acid groups (broad SMARTS) is 1. The highest BCUT2D eigenvalue weighted by molar-refractivity contribution is 5.85. The number of ether oxygens (including phenoxy) is 1. The lowest BCUT2D eigenvalue weighted by Gasteiger charge is -2.14. The Bertz CT molecular complexity index is 785. The van der Waals surface area contributed by atoms with Crippen molar-refractivity contribution in [2.75, 3.05) is 0 Å². The van der Waals surface area contributed by atoms with E-state index in [0.29, 0.717) is 17.9 Å². The molecule has 0 saturated carbocycles. The molecule has 2 aromatic rings. The average Bonchev–Trinajstić information content (AvgIpc) is 2.44. The van der Waals surface area contributed by atoms with Crippen LogP contribution < -0.4 is 4.74 Å². The summed E-state index contributed by atoms with van der Waals surface area (Å²) in [7, 11) is 0. The molecule has 0 fully saturated rings. The fraction of sp³-hybridized carbons (Fsp3) is 0.211. The van der Waals surface area contributed by atoms with E-state index in [9.17, 15) is 15.0 Å². The summed E-state index contributed by atoms with van der Waals surface area (Å²) in [6.07, 6.45) is 1.96. The van der Waals surface area contributed by atoms with E-state index in [1.807, 2.05) is 13.8 Å². The highest BCUT2D eigenvalue weighted by Crippen LogP contribution is 2.34. The van der Waals surface area contributed by atoms with Gasteiger partial charge in [-0.15, -0.1) is 0 Å². The minimum atomic E-state index is -0.975. The summed E-state index contributed by atoms with van der Waals surface area (Å²) >= 11 is 0. The predicted molar refractivity (Wildman–Crippen MR) is 90.9 cm³/mol. The first-order chi connectivity index (χ1) is 11.3. The zero-order chi connectivity index (χ0) is 17.9. The Labute approximate surface area is 140 Å². The van der Waals surface area contributed by atoms with E-state index in [-0.39, 0.29) is 17.1 Å². The second-order valence-corrected chi connectivity index (χ2v) is 5.74. The first-order valence-corrected chi connectivity index (χ1v) is 7.47. The molecule has 0 bridgehead atoms. The van der Waals surface area contributed by atoms with Crippen molar-refractivity contribution in [3.05, 3.63) is 58.7 Å². The number of carbonyl (C=O) groups is 1. The number of rotatable bonds is 5. The van der Waals surface area contributed by atoms with Crippen LogP contribution in [0.25, 0.3) is 0 Å². The molecule has 0 atom stereocenters. The number of hydrogen-bond donors (Lipinski definition) is 3. The molecule has 0 aromatic heterocycles. The normalized spacial score (nSPS) is 11.4. The van der Waals surface area contributed by atoms with Crippen molar-refractivity contribution in [2.24, 2.45) is 0 Å². The standard InChI is InChI=1S/C19H20O5/c1-11-6-14(20)9-16(7-11)24-18-10-15(21)8-13(3)17(18)5-4-12(2)19(22)23/h4,6-10,20-21H,5H2,1-3H3,(H,22,23). The molecule has 0 radical (unpaired) electrons. The minimum absolute atomic E-state index is 0.0575. The van der Waals surface area contributed by atoms with Crippen molar-refractivity contribution >= 4 is 5.97 Å². The lowest BCUT2D eigenvalue weighted by Crippen LogP contribution is -1.99. The first kappa shape index (κ1) is 17.4. The van der Waals surface area contributed by atoms with Crippen molar-refractivity contribution in [2.45, 2.75) is 27.2 Å². The number of phenolic OH excluding ortho intramolecular Hbond substituents is 2. The van der Waals surface area contributed by atoms with Crippen molar-refractivity contribution < 1.29 is 24.9 Å². The number of aromatic hydroxyl groups is 2. The maximum absolute atomic E-state index is 10.9. The van der Waals surface area contributed by atoms with Crippen molar-refractivity contribution in [1.82, 2.24) is 0 Å². The molecule has 126 valence electrons. The molecule has 0 unspecified atom stereocenters. The van der Waals surface area contributed by atoms with Crippen molar-refractivity contribution in [3.63, 3.8) is 0 Å². The van der Waals surface area contributed by atoms with Crippen LogP contribution in [0.1, 0.15) is 23.6 Å². The molecule has 0 spiro atoms. The third-order valence-corrected chi connectivity index (χ3v) is 3.63. The van der Waals surface area contributed by atoms with Gasteiger partial charge in [-0.1, -0.05) is 6.08 Å². The summed E-state index contributed by atoms with van der Waals surface area (Å²) in [4.78, 5) is 10.9. The highest BCUT2D eigenvalue weighted by Gasteiger charge is 2.11. The molecule has 0 saturated heterocycles. The number of phenols is 2. The molecule has 5 nitrogen and oxygen atoms in total. The van der Waals surface area contributed by atoms with Gasteiger partial charge < -0.3 is 20.1 Å². The van der Waals surface area contributed by atoms with Gasteiger partial charge in [0.15, 0.2) is 0 Å². The number of aliphatic carboxylic acids is 1. The summed E-state index contributed by atoms with van der Waals surface area (Å²) in [5.41, 5.74) is 2.64. The summed E-state index contributed by atoms with van der Waals surface area (Å²) in [6, 6.07) is 7.93. The Morgan fingerprint density at radius 3 is 2.38 bits per heavy atom. The maximum Gasteiger partial charge on any atom is 0.330 e. The zero-order valence-corrected chi connectivity index (χ0v) is 13.8. The van der Waals surface area contributed by atoms with Crippen LogP contribution >= 0.6 is 0 Å². The summed E-state index contributed by atoms with van der Waals surface area (Å²) in [5, 5.41) is 28.5. The molecule has 0 aliphatic carbocycles. The molecule has 24 heavy (non-hydrogen) atoms. The van der Waals surface area contributed by atoms with E-state index in [0.717, 1.165) is 16.7 Å². The number of carboxylic acids is 1. The second-order valence-electron chi connectivity index (χ2n) is 5.74. The SMILES string of the molecule is CC(=CCc1c(C)cc(O)cc1Oc1cc(C)cc(O)c1)C(=O)O. The number of hydrogen-bond acceptors (Lipinski definition) is 4. The molecule has 2 aromatic carbocycles. The third-order valence-electron chi connectivity index (χ3n) is 3.63. The molecule has 3 N–H and O–H groups in total. The average molecular weight is 328 g/mol. The molecule has 0 aliphatic heterocycles. The first-order valence-electron chi connectivity index (χ1n) is 7.47. The zero-order valence-electron chi connectivity index (χ0n) is 13.8. The third kappa shape index (κ3) is 4.29. The van der Waals surface area contributed by atoms with Gasteiger partial charge in [0.2, 0.25) is 0 Å². The Morgan fingerprint density at radius 1 is 1.08 bits per heavy atom. The van der Waals surface area contributed by atoms with Gasteiger partial charge in [-0.05, 0) is 56.5 Å². The lowest BCUT2D eigenvalue weighted by atomic mass is 10.0. The number of allylic oxidation sites excluding steroid dienone is 1. The molecular formula is C19H20O5. The van der Waals surface area contributed by atoms with Gasteiger partial charge in [0.05, 0.1) is 0 Å². The van der Waals surface area contributed by atoms with E-state index < -0.39 is 5.97 Å². The van der Waals surface area contributed by atoms with Crippen LogP contribution in [-0.4, -0.2) is 21.3 Å². The van der Waals surface area contributed by atoms with Gasteiger partial charge in [0, 0.05) is 23.3 Å². The van der Waals surface area contributed by atoms with Crippen LogP contribution in [0.3, 0.4) is 0 Å². The van der Waals surface area contributed by atoms with E-state index in [1.54, 1.807) is 24.3 Å². The molecule has 5 heteroatoms. The fourth-order valence-electron chi connectivity index (χ4n) is 2.38. The molecule has 2 rings (SSSR count). The van der Waals surface area contributed by atoms with Crippen molar-refractivity contribution in [3.8, 4) is 23.0 Å². The summed E-state index contributed by atoms with van der Waals surface area (Å²) < 4.78 is 5.83. The largest absolute Gasteiger partial charge is 0.508 e. The maximum atomic E-state index is 10.9. The van der Waals surface area contributed by atoms with Crippen LogP contribution in [0.4, 0.5) is 0 Å². The van der Waals surface area contributed by atoms with Gasteiger partial charge >= 0.3 is 5.97 Å². The second kappa shape index (κ2) is 7.08. The minimum Gasteiger partial charge on any atom is -0.508 e. The van der Waals surface area contributed by atoms with Crippen LogP contribution in [0.2, 0.25) is 0 Å². The smallest absolute Gasteiger partial charge is 0.330 e. The fourth-order valence-corrected chi connectivity index (χ4v) is 2.38. The van der Waals surface area contributed by atoms with E-state index >= 15 is 0 Å². The topological polar surface area (TPSA) is 87.0 Å². The van der Waals surface area contributed by atoms with Crippen LogP contribution in [0, 0.1) is 13.8 Å². The Hall–Kier alpha value is -2.95. The van der Waals surface area contributed by atoms with Gasteiger partial charge in [0.1, 0.15) is 23.0 Å². The number of aryl methyl sites for hydroxylation is 2. The Kier molecular flexibility index (Phi) is 5.14. The summed E-state index contributed by atoms with van der Waals surface area (Å²) in [5.74, 6) is 0.0363. The Balaban J connectivity index is 2.41. The van der Waals surface area contributed by atoms with Crippen LogP contribution in [0.5, 0.6) is 23.0 Å². The van der Waals surface area contributed by atoms with E-state index in [2.05, 4.69) is 0 Å². The van der Waals surface area contributed by atoms with E-state index in [1.165, 1.54) is 19.1 Å². The molecular weight excluding hydrogens is 308 g/mol. The molecule has 0 aliphatic rings.